The summed E-state index contributed by atoms with van der Waals surface area (Å²) in [5.41, 5.74) is 0.625. The number of hydrogen-bond donors (Lipinski definition) is 0. The van der Waals surface area contributed by atoms with Gasteiger partial charge in [0.25, 0.3) is 5.91 Å². The lowest BCUT2D eigenvalue weighted by Gasteiger charge is -2.29. The van der Waals surface area contributed by atoms with Crippen LogP contribution in [0.3, 0.4) is 0 Å². The minimum Gasteiger partial charge on any atom is -0.332 e. The largest absolute Gasteiger partial charge is 0.416 e. The zero-order valence-corrected chi connectivity index (χ0v) is 14.8. The number of fused-ring (bicyclic) bond motifs is 1. The molecule has 0 bridgehead atoms. The summed E-state index contributed by atoms with van der Waals surface area (Å²) in [5.74, 6) is 0.588. The molecule has 4 rings (SSSR count). The Hall–Kier alpha value is -3.30. The molecular formula is C18H15F3N6O. The maximum atomic E-state index is 12.9. The van der Waals surface area contributed by atoms with Crippen molar-refractivity contribution in [1.29, 1.82) is 0 Å². The number of rotatable bonds is 2. The van der Waals surface area contributed by atoms with Gasteiger partial charge >= 0.3 is 6.18 Å². The number of carbonyl (C=O) groups is 1. The van der Waals surface area contributed by atoms with Crippen molar-refractivity contribution in [1.82, 2.24) is 29.9 Å². The summed E-state index contributed by atoms with van der Waals surface area (Å²) in [6, 6.07) is 4.45. The highest BCUT2D eigenvalue weighted by atomic mass is 19.4. The molecule has 144 valence electrons. The molecule has 1 aliphatic rings. The third-order valence-corrected chi connectivity index (χ3v) is 4.49. The van der Waals surface area contributed by atoms with Gasteiger partial charge in [0.15, 0.2) is 5.82 Å². The lowest BCUT2D eigenvalue weighted by atomic mass is 10.0. The third-order valence-electron chi connectivity index (χ3n) is 4.49. The number of carbonyl (C=O) groups excluding carboxylic acids is 1. The fourth-order valence-electron chi connectivity index (χ4n) is 3.21. The van der Waals surface area contributed by atoms with Crippen LogP contribution in [-0.2, 0) is 19.1 Å². The Balaban J connectivity index is 1.64. The molecule has 7 nitrogen and oxygen atoms in total. The van der Waals surface area contributed by atoms with Crippen LogP contribution in [0.2, 0.25) is 0 Å². The second kappa shape index (κ2) is 6.70. The molecule has 10 heteroatoms. The van der Waals surface area contributed by atoms with Gasteiger partial charge in [-0.1, -0.05) is 6.07 Å². The maximum absolute atomic E-state index is 12.9. The van der Waals surface area contributed by atoms with E-state index in [-0.39, 0.29) is 12.1 Å². The monoisotopic (exact) mass is 388 g/mol. The topological polar surface area (TPSA) is 76.8 Å². The van der Waals surface area contributed by atoms with Crippen molar-refractivity contribution in [2.75, 3.05) is 6.54 Å². The highest BCUT2D eigenvalue weighted by molar-refractivity contribution is 5.94. The van der Waals surface area contributed by atoms with Crippen molar-refractivity contribution in [3.63, 3.8) is 0 Å². The highest BCUT2D eigenvalue weighted by Crippen LogP contribution is 2.30. The highest BCUT2D eigenvalue weighted by Gasteiger charge is 2.32. The molecule has 0 saturated heterocycles. The molecule has 1 amide bonds. The van der Waals surface area contributed by atoms with Crippen LogP contribution in [0.4, 0.5) is 13.2 Å². The first-order valence-corrected chi connectivity index (χ1v) is 8.52. The first-order chi connectivity index (χ1) is 13.3. The van der Waals surface area contributed by atoms with Gasteiger partial charge in [0, 0.05) is 17.7 Å². The Bertz CT molecular complexity index is 1030. The molecule has 0 saturated carbocycles. The SMILES string of the molecule is Cc1nc2c(c(-n3nccn3)n1)CCN(C(=O)c1cccc(C(F)(F)F)c1)C2. The van der Waals surface area contributed by atoms with Gasteiger partial charge in [0.1, 0.15) is 5.82 Å². The quantitative estimate of drug-likeness (QED) is 0.675. The van der Waals surface area contributed by atoms with E-state index in [0.29, 0.717) is 30.3 Å². The Morgan fingerprint density at radius 2 is 1.89 bits per heavy atom. The van der Waals surface area contributed by atoms with Gasteiger partial charge in [-0.15, -0.1) is 4.80 Å². The zero-order chi connectivity index (χ0) is 19.9. The van der Waals surface area contributed by atoms with E-state index >= 15 is 0 Å². The van der Waals surface area contributed by atoms with E-state index in [1.165, 1.54) is 34.2 Å². The van der Waals surface area contributed by atoms with E-state index in [1.807, 2.05) is 0 Å². The number of aromatic nitrogens is 5. The van der Waals surface area contributed by atoms with Crippen LogP contribution in [0.25, 0.3) is 5.82 Å². The van der Waals surface area contributed by atoms with E-state index < -0.39 is 17.6 Å². The lowest BCUT2D eigenvalue weighted by Crippen LogP contribution is -2.37. The number of halogens is 3. The fourth-order valence-corrected chi connectivity index (χ4v) is 3.21. The number of hydrogen-bond acceptors (Lipinski definition) is 5. The van der Waals surface area contributed by atoms with Gasteiger partial charge in [-0.3, -0.25) is 4.79 Å². The van der Waals surface area contributed by atoms with Crippen molar-refractivity contribution >= 4 is 5.91 Å². The van der Waals surface area contributed by atoms with Crippen LogP contribution >= 0.6 is 0 Å². The first kappa shape index (κ1) is 18.1. The van der Waals surface area contributed by atoms with Crippen LogP contribution in [0.5, 0.6) is 0 Å². The normalized spacial score (nSPS) is 14.1. The number of amides is 1. The molecule has 0 spiro atoms. The van der Waals surface area contributed by atoms with Crippen molar-refractivity contribution in [3.8, 4) is 5.82 Å². The zero-order valence-electron chi connectivity index (χ0n) is 14.8. The van der Waals surface area contributed by atoms with E-state index in [9.17, 15) is 18.0 Å². The molecule has 1 aliphatic heterocycles. The van der Waals surface area contributed by atoms with Crippen molar-refractivity contribution in [2.24, 2.45) is 0 Å². The summed E-state index contributed by atoms with van der Waals surface area (Å²) < 4.78 is 38.8. The predicted molar refractivity (Wildman–Crippen MR) is 91.6 cm³/mol. The summed E-state index contributed by atoms with van der Waals surface area (Å²) in [6.07, 6.45) is -0.968. The van der Waals surface area contributed by atoms with Crippen molar-refractivity contribution in [3.05, 3.63) is 64.9 Å². The van der Waals surface area contributed by atoms with Crippen LogP contribution in [0.15, 0.2) is 36.7 Å². The van der Waals surface area contributed by atoms with Crippen LogP contribution < -0.4 is 0 Å². The fraction of sp³-hybridized carbons (Fsp3) is 0.278. The summed E-state index contributed by atoms with van der Waals surface area (Å²) in [4.78, 5) is 24.5. The molecule has 1 aromatic carbocycles. The second-order valence-electron chi connectivity index (χ2n) is 6.39. The molecule has 0 radical (unpaired) electrons. The molecule has 0 fully saturated rings. The molecule has 3 aromatic rings. The van der Waals surface area contributed by atoms with Gasteiger partial charge in [0.05, 0.1) is 30.2 Å². The maximum Gasteiger partial charge on any atom is 0.416 e. The summed E-state index contributed by atoms with van der Waals surface area (Å²) in [5, 5.41) is 8.20. The van der Waals surface area contributed by atoms with Gasteiger partial charge in [-0.2, -0.15) is 23.4 Å². The summed E-state index contributed by atoms with van der Waals surface area (Å²) >= 11 is 0. The standard InChI is InChI=1S/C18H15F3N6O/c1-11-24-15-10-26(8-5-14(15)16(25-11)27-22-6-7-23-27)17(28)12-3-2-4-13(9-12)18(19,20)21/h2-4,6-7,9H,5,8,10H2,1H3. The van der Waals surface area contributed by atoms with Gasteiger partial charge in [0.2, 0.25) is 0 Å². The smallest absolute Gasteiger partial charge is 0.332 e. The molecule has 0 N–H and O–H groups in total. The van der Waals surface area contributed by atoms with Gasteiger partial charge in [-0.05, 0) is 31.5 Å². The average molecular weight is 388 g/mol. The van der Waals surface area contributed by atoms with E-state index in [1.54, 1.807) is 6.92 Å². The number of alkyl halides is 3. The number of nitrogens with zero attached hydrogens (tertiary/aromatic N) is 6. The lowest BCUT2D eigenvalue weighted by molar-refractivity contribution is -0.137. The number of aryl methyl sites for hydroxylation is 1. The minimum atomic E-state index is -4.50. The number of benzene rings is 1. The molecular weight excluding hydrogens is 373 g/mol. The molecule has 2 aromatic heterocycles. The van der Waals surface area contributed by atoms with Gasteiger partial charge in [-0.25, -0.2) is 9.97 Å². The van der Waals surface area contributed by atoms with Crippen LogP contribution in [0, 0.1) is 6.92 Å². The predicted octanol–water partition coefficient (Wildman–Crippen LogP) is 2.58. The minimum absolute atomic E-state index is 0.00183. The molecule has 0 aliphatic carbocycles. The Labute approximate surface area is 157 Å². The molecule has 28 heavy (non-hydrogen) atoms. The average Bonchev–Trinajstić information content (AvgIpc) is 3.20. The summed E-state index contributed by atoms with van der Waals surface area (Å²) in [7, 11) is 0. The van der Waals surface area contributed by atoms with E-state index in [0.717, 1.165) is 17.7 Å². The van der Waals surface area contributed by atoms with Crippen LogP contribution in [0.1, 0.15) is 33.0 Å². The molecule has 0 atom stereocenters. The van der Waals surface area contributed by atoms with Gasteiger partial charge < -0.3 is 4.90 Å². The second-order valence-corrected chi connectivity index (χ2v) is 6.39. The molecule has 0 unspecified atom stereocenters. The van der Waals surface area contributed by atoms with Crippen LogP contribution in [-0.4, -0.2) is 42.3 Å². The third kappa shape index (κ3) is 3.32. The first-order valence-electron chi connectivity index (χ1n) is 8.52. The molecule has 3 heterocycles. The summed E-state index contributed by atoms with van der Waals surface area (Å²) in [6.45, 7) is 2.24. The van der Waals surface area contributed by atoms with E-state index in [4.69, 9.17) is 0 Å². The Kier molecular flexibility index (Phi) is 4.33. The Morgan fingerprint density at radius 1 is 1.14 bits per heavy atom. The Morgan fingerprint density at radius 3 is 2.61 bits per heavy atom. The van der Waals surface area contributed by atoms with Crippen molar-refractivity contribution < 1.29 is 18.0 Å². The van der Waals surface area contributed by atoms with Crippen molar-refractivity contribution in [2.45, 2.75) is 26.1 Å². The van der Waals surface area contributed by atoms with E-state index in [2.05, 4.69) is 20.2 Å².